The molecule has 1 aliphatic heterocycles. The van der Waals surface area contributed by atoms with Gasteiger partial charge < -0.3 is 24.4 Å². The molecule has 0 aromatic heterocycles. The summed E-state index contributed by atoms with van der Waals surface area (Å²) in [6.07, 6.45) is 10.8. The molecule has 0 spiro atoms. The van der Waals surface area contributed by atoms with Crippen LogP contribution in [0.3, 0.4) is 0 Å². The predicted octanol–water partition coefficient (Wildman–Crippen LogP) is 6.25. The van der Waals surface area contributed by atoms with Crippen LogP contribution in [0.1, 0.15) is 84.1 Å². The molecule has 1 saturated carbocycles. The lowest BCUT2D eigenvalue weighted by molar-refractivity contribution is 0.0597. The van der Waals surface area contributed by atoms with Crippen molar-refractivity contribution in [2.75, 3.05) is 45.8 Å². The Morgan fingerprint density at radius 1 is 0.897 bits per heavy atom. The molecule has 0 radical (unpaired) electrons. The maximum Gasteiger partial charge on any atom is 0.338 e. The van der Waals surface area contributed by atoms with Gasteiger partial charge in [0.15, 0.2) is 0 Å². The number of anilines is 1. The number of piperidine rings is 1. The molecule has 2 aromatic carbocycles. The number of methoxy groups -OCH3 is 2. The number of carbonyl (C=O) groups is 2. The van der Waals surface area contributed by atoms with E-state index in [2.05, 4.69) is 41.4 Å². The van der Waals surface area contributed by atoms with Crippen molar-refractivity contribution in [3.63, 3.8) is 0 Å². The van der Waals surface area contributed by atoms with Gasteiger partial charge in [-0.15, -0.1) is 0 Å². The second kappa shape index (κ2) is 13.8. The van der Waals surface area contributed by atoms with Gasteiger partial charge in [0.2, 0.25) is 0 Å². The van der Waals surface area contributed by atoms with Gasteiger partial charge in [0.25, 0.3) is 0 Å². The van der Waals surface area contributed by atoms with E-state index < -0.39 is 11.9 Å². The van der Waals surface area contributed by atoms with Crippen molar-refractivity contribution in [3.05, 3.63) is 59.2 Å². The van der Waals surface area contributed by atoms with Crippen LogP contribution in [-0.4, -0.2) is 63.3 Å². The number of hydrogen-bond donors (Lipinski definition) is 1. The van der Waals surface area contributed by atoms with Crippen LogP contribution < -0.4 is 10.1 Å². The third kappa shape index (κ3) is 8.21. The first-order chi connectivity index (χ1) is 18.9. The zero-order valence-electron chi connectivity index (χ0n) is 23.8. The fraction of sp³-hybridized carbons (Fsp3) is 0.562. The van der Waals surface area contributed by atoms with Crippen molar-refractivity contribution in [2.24, 2.45) is 5.41 Å². The molecule has 1 saturated heterocycles. The summed E-state index contributed by atoms with van der Waals surface area (Å²) < 4.78 is 15.8. The number of esters is 2. The molecule has 1 N–H and O–H groups in total. The number of nitrogens with one attached hydrogen (secondary N) is 1. The molecule has 212 valence electrons. The molecule has 7 nitrogen and oxygen atoms in total. The Morgan fingerprint density at radius 2 is 1.51 bits per heavy atom. The highest BCUT2D eigenvalue weighted by molar-refractivity contribution is 5.96. The van der Waals surface area contributed by atoms with E-state index in [-0.39, 0.29) is 16.5 Å². The Labute approximate surface area is 233 Å². The molecule has 0 amide bonds. The van der Waals surface area contributed by atoms with Gasteiger partial charge in [0.1, 0.15) is 5.75 Å². The lowest BCUT2D eigenvalue weighted by atomic mass is 9.69. The molecule has 1 heterocycles. The van der Waals surface area contributed by atoms with E-state index in [1.165, 1.54) is 82.9 Å². The van der Waals surface area contributed by atoms with Crippen molar-refractivity contribution in [2.45, 2.75) is 70.8 Å². The van der Waals surface area contributed by atoms with Crippen molar-refractivity contribution >= 4 is 17.6 Å². The summed E-state index contributed by atoms with van der Waals surface area (Å²) in [6.45, 7) is 6.06. The number of ether oxygens (including phenoxy) is 3. The number of rotatable bonds is 11. The smallest absolute Gasteiger partial charge is 0.338 e. The summed E-state index contributed by atoms with van der Waals surface area (Å²) in [4.78, 5) is 26.9. The van der Waals surface area contributed by atoms with E-state index in [9.17, 15) is 9.59 Å². The van der Waals surface area contributed by atoms with Gasteiger partial charge in [0, 0.05) is 24.8 Å². The zero-order valence-corrected chi connectivity index (χ0v) is 23.8. The van der Waals surface area contributed by atoms with Gasteiger partial charge in [0.05, 0.1) is 32.0 Å². The Bertz CT molecular complexity index is 1050. The zero-order chi connectivity index (χ0) is 27.7. The van der Waals surface area contributed by atoms with E-state index >= 15 is 0 Å². The summed E-state index contributed by atoms with van der Waals surface area (Å²) in [6, 6.07) is 14.0. The number of nitrogens with zero attached hydrogens (tertiary/aromatic N) is 1. The quantitative estimate of drug-likeness (QED) is 0.340. The van der Waals surface area contributed by atoms with Gasteiger partial charge in [-0.2, -0.15) is 0 Å². The Hall–Kier alpha value is -3.06. The molecule has 1 aliphatic carbocycles. The van der Waals surface area contributed by atoms with E-state index in [1.54, 1.807) is 12.1 Å². The van der Waals surface area contributed by atoms with E-state index in [0.717, 1.165) is 26.1 Å². The summed E-state index contributed by atoms with van der Waals surface area (Å²) in [5.74, 6) is -0.521. The second-order valence-electron chi connectivity index (χ2n) is 11.3. The number of aryl methyl sites for hydroxylation is 1. The first-order valence-electron chi connectivity index (χ1n) is 14.4. The fourth-order valence-electron chi connectivity index (χ4n) is 6.05. The molecule has 2 aliphatic rings. The SMILES string of the molecule is COC(=O)c1cc(OCCC2(CCN3CCC(Nc4ccc(C)cc4)CC3)CCCCC2)cc(C(=O)OC)c1. The first kappa shape index (κ1) is 28.9. The Kier molecular flexibility index (Phi) is 10.3. The van der Waals surface area contributed by atoms with E-state index in [0.29, 0.717) is 18.4 Å². The van der Waals surface area contributed by atoms with Crippen LogP contribution in [0.25, 0.3) is 0 Å². The number of hydrogen-bond acceptors (Lipinski definition) is 7. The topological polar surface area (TPSA) is 77.1 Å². The second-order valence-corrected chi connectivity index (χ2v) is 11.3. The summed E-state index contributed by atoms with van der Waals surface area (Å²) >= 11 is 0. The van der Waals surface area contributed by atoms with E-state index in [4.69, 9.17) is 14.2 Å². The highest BCUT2D eigenvalue weighted by atomic mass is 16.5. The van der Waals surface area contributed by atoms with E-state index in [1.807, 2.05) is 0 Å². The van der Waals surface area contributed by atoms with Gasteiger partial charge in [-0.3, -0.25) is 0 Å². The van der Waals surface area contributed by atoms with Crippen molar-refractivity contribution in [3.8, 4) is 5.75 Å². The van der Waals surface area contributed by atoms with Gasteiger partial charge in [-0.25, -0.2) is 9.59 Å². The maximum absolute atomic E-state index is 12.1. The minimum Gasteiger partial charge on any atom is -0.494 e. The average Bonchev–Trinajstić information content (AvgIpc) is 2.97. The van der Waals surface area contributed by atoms with Crippen LogP contribution in [0, 0.1) is 12.3 Å². The normalized spacial score (nSPS) is 17.8. The highest BCUT2D eigenvalue weighted by Gasteiger charge is 2.33. The summed E-state index contributed by atoms with van der Waals surface area (Å²) in [5, 5.41) is 3.71. The molecule has 0 unspecified atom stereocenters. The molecule has 2 fully saturated rings. The van der Waals surface area contributed by atoms with Gasteiger partial charge in [-0.1, -0.05) is 37.0 Å². The van der Waals surface area contributed by atoms with Crippen LogP contribution >= 0.6 is 0 Å². The Balaban J connectivity index is 1.30. The van der Waals surface area contributed by atoms with Crippen LogP contribution in [0.2, 0.25) is 0 Å². The number of carbonyl (C=O) groups excluding carboxylic acids is 2. The van der Waals surface area contributed by atoms with Crippen LogP contribution in [-0.2, 0) is 9.47 Å². The minimum absolute atomic E-state index is 0.278. The number of likely N-dealkylation sites (tertiary alicyclic amines) is 1. The minimum atomic E-state index is -0.507. The molecule has 0 bridgehead atoms. The van der Waals surface area contributed by atoms with Crippen LogP contribution in [0.5, 0.6) is 5.75 Å². The standard InChI is InChI=1S/C32H44N2O5/c1-24-7-9-27(10-8-24)33-28-11-17-34(18-12-28)19-15-32(13-5-4-6-14-32)16-20-39-29-22-25(30(35)37-2)21-26(23-29)31(36)38-3/h7-10,21-23,28,33H,4-6,11-20H2,1-3H3. The largest absolute Gasteiger partial charge is 0.494 e. The van der Waals surface area contributed by atoms with Gasteiger partial charge >= 0.3 is 11.9 Å². The molecule has 7 heteroatoms. The lowest BCUT2D eigenvalue weighted by Crippen LogP contribution is -2.41. The maximum atomic E-state index is 12.1. The number of benzene rings is 2. The lowest BCUT2D eigenvalue weighted by Gasteiger charge is -2.40. The monoisotopic (exact) mass is 536 g/mol. The van der Waals surface area contributed by atoms with Gasteiger partial charge in [-0.05, 0) is 87.7 Å². The van der Waals surface area contributed by atoms with Crippen LogP contribution in [0.15, 0.2) is 42.5 Å². The average molecular weight is 537 g/mol. The highest BCUT2D eigenvalue weighted by Crippen LogP contribution is 2.42. The predicted molar refractivity (Wildman–Crippen MR) is 154 cm³/mol. The van der Waals surface area contributed by atoms with Crippen LogP contribution in [0.4, 0.5) is 5.69 Å². The summed E-state index contributed by atoms with van der Waals surface area (Å²) in [5.41, 5.74) is 3.35. The molecule has 39 heavy (non-hydrogen) atoms. The molecular weight excluding hydrogens is 492 g/mol. The van der Waals surface area contributed by atoms with Crippen molar-refractivity contribution in [1.29, 1.82) is 0 Å². The Morgan fingerprint density at radius 3 is 2.10 bits per heavy atom. The van der Waals surface area contributed by atoms with Crippen molar-refractivity contribution in [1.82, 2.24) is 4.90 Å². The molecular formula is C32H44N2O5. The summed E-state index contributed by atoms with van der Waals surface area (Å²) in [7, 11) is 2.65. The first-order valence-corrected chi connectivity index (χ1v) is 14.4. The molecule has 2 aromatic rings. The molecule has 0 atom stereocenters. The fourth-order valence-corrected chi connectivity index (χ4v) is 6.05. The third-order valence-electron chi connectivity index (χ3n) is 8.53. The third-order valence-corrected chi connectivity index (χ3v) is 8.53. The molecule has 4 rings (SSSR count). The van der Waals surface area contributed by atoms with Crippen molar-refractivity contribution < 1.29 is 23.8 Å².